The Morgan fingerprint density at radius 1 is 1.17 bits per heavy atom. The van der Waals surface area contributed by atoms with Gasteiger partial charge in [0.25, 0.3) is 0 Å². The van der Waals surface area contributed by atoms with Gasteiger partial charge in [0.1, 0.15) is 0 Å². The molecule has 0 aromatic rings. The van der Waals surface area contributed by atoms with E-state index in [-0.39, 0.29) is 0 Å². The van der Waals surface area contributed by atoms with E-state index in [2.05, 4.69) is 45.2 Å². The van der Waals surface area contributed by atoms with Crippen molar-refractivity contribution >= 4 is 0 Å². The van der Waals surface area contributed by atoms with Gasteiger partial charge in [-0.3, -0.25) is 0 Å². The molecule has 0 heterocycles. The highest BCUT2D eigenvalue weighted by molar-refractivity contribution is 4.68. The third kappa shape index (κ3) is 6.62. The Bertz CT molecular complexity index is 108. The minimum Gasteiger partial charge on any atom is -0.349 e. The largest absolute Gasteiger partial charge is 0.349 e. The molecule has 0 radical (unpaired) electrons. The molecule has 0 rings (SSSR count). The number of nitrogens with two attached hydrogens (primary N) is 1. The third-order valence-electron chi connectivity index (χ3n) is 2.35. The van der Waals surface area contributed by atoms with E-state index in [0.29, 0.717) is 5.41 Å². The monoisotopic (exact) mass is 173 g/mol. The molecule has 0 saturated heterocycles. The van der Waals surface area contributed by atoms with Gasteiger partial charge in [0, 0.05) is 6.42 Å². The van der Waals surface area contributed by atoms with E-state index >= 15 is 0 Å². The second-order valence-electron chi connectivity index (χ2n) is 4.66. The summed E-state index contributed by atoms with van der Waals surface area (Å²) in [7, 11) is 6.42. The molecule has 0 fully saturated rings. The number of rotatable bonds is 6. The lowest BCUT2D eigenvalue weighted by atomic mass is 9.85. The molecule has 0 aliphatic rings. The predicted molar refractivity (Wildman–Crippen MR) is 54.3 cm³/mol. The zero-order valence-corrected chi connectivity index (χ0v) is 9.35. The van der Waals surface area contributed by atoms with E-state index in [1.165, 1.54) is 25.9 Å². The van der Waals surface area contributed by atoms with Gasteiger partial charge in [0.05, 0.1) is 13.6 Å². The third-order valence-corrected chi connectivity index (χ3v) is 2.35. The van der Waals surface area contributed by atoms with Crippen molar-refractivity contribution in [3.63, 3.8) is 0 Å². The Morgan fingerprint density at radius 2 is 1.75 bits per heavy atom. The summed E-state index contributed by atoms with van der Waals surface area (Å²) in [5.74, 6) is 0. The van der Waals surface area contributed by atoms with Crippen LogP contribution in [-0.2, 0) is 0 Å². The Labute approximate surface area is 77.3 Å². The zero-order valence-electron chi connectivity index (χ0n) is 9.35. The predicted octanol–water partition coefficient (Wildman–Crippen LogP) is 0.548. The molecule has 12 heavy (non-hydrogen) atoms. The Balaban J connectivity index is 3.56. The lowest BCUT2D eigenvalue weighted by Crippen LogP contribution is -2.80. The summed E-state index contributed by atoms with van der Waals surface area (Å²) in [6, 6.07) is 0. The van der Waals surface area contributed by atoms with E-state index in [9.17, 15) is 0 Å². The van der Waals surface area contributed by atoms with Crippen molar-refractivity contribution in [2.45, 2.75) is 26.7 Å². The molecule has 2 heteroatoms. The molecule has 0 aromatic heterocycles. The first kappa shape index (κ1) is 11.9. The standard InChI is InChI=1S/C10H24N2/c1-10(2,6-8-11-3)7-9-12(4)5/h11H,6-9H2,1-5H3/p+1. The smallest absolute Gasteiger partial charge is 0.0758 e. The van der Waals surface area contributed by atoms with Gasteiger partial charge in [0.2, 0.25) is 0 Å². The quantitative estimate of drug-likeness (QED) is 0.622. The highest BCUT2D eigenvalue weighted by atomic mass is 15.0. The molecule has 74 valence electrons. The van der Waals surface area contributed by atoms with Gasteiger partial charge in [-0.15, -0.1) is 0 Å². The van der Waals surface area contributed by atoms with E-state index in [1.807, 2.05) is 0 Å². The summed E-state index contributed by atoms with van der Waals surface area (Å²) in [5.41, 5.74) is 0.511. The second-order valence-corrected chi connectivity index (χ2v) is 4.66. The van der Waals surface area contributed by atoms with Crippen LogP contribution in [0.1, 0.15) is 26.7 Å². The first-order valence-electron chi connectivity index (χ1n) is 4.90. The van der Waals surface area contributed by atoms with Crippen LogP contribution in [0.4, 0.5) is 0 Å². The molecule has 2 nitrogen and oxygen atoms in total. The van der Waals surface area contributed by atoms with Crippen LogP contribution >= 0.6 is 0 Å². The lowest BCUT2D eigenvalue weighted by Gasteiger charge is -2.25. The fourth-order valence-corrected chi connectivity index (χ4v) is 1.19. The summed E-state index contributed by atoms with van der Waals surface area (Å²) in [6.07, 6.45) is 2.62. The molecule has 2 N–H and O–H groups in total. The number of hydrogen-bond acceptors (Lipinski definition) is 1. The van der Waals surface area contributed by atoms with E-state index in [0.717, 1.165) is 0 Å². The molecule has 0 atom stereocenters. The SMILES string of the molecule is C[NH2+]CCC(C)(C)CCN(C)C. The van der Waals surface area contributed by atoms with Crippen molar-refractivity contribution in [3.05, 3.63) is 0 Å². The number of hydrogen-bond donors (Lipinski definition) is 1. The van der Waals surface area contributed by atoms with Crippen molar-refractivity contribution in [2.24, 2.45) is 5.41 Å². The van der Waals surface area contributed by atoms with Crippen molar-refractivity contribution in [1.29, 1.82) is 0 Å². The van der Waals surface area contributed by atoms with E-state index < -0.39 is 0 Å². The number of nitrogens with zero attached hydrogens (tertiary/aromatic N) is 1. The summed E-state index contributed by atoms with van der Waals surface area (Å²) >= 11 is 0. The highest BCUT2D eigenvalue weighted by Crippen LogP contribution is 2.23. The maximum absolute atomic E-state index is 2.36. The van der Waals surface area contributed by atoms with Crippen molar-refractivity contribution in [3.8, 4) is 0 Å². The molecule has 0 aliphatic carbocycles. The van der Waals surface area contributed by atoms with E-state index in [1.54, 1.807) is 0 Å². The summed E-state index contributed by atoms with van der Waals surface area (Å²) in [4.78, 5) is 2.26. The highest BCUT2D eigenvalue weighted by Gasteiger charge is 2.17. The number of quaternary nitrogens is 1. The van der Waals surface area contributed by atoms with Gasteiger partial charge < -0.3 is 10.2 Å². The van der Waals surface area contributed by atoms with Gasteiger partial charge >= 0.3 is 0 Å². The van der Waals surface area contributed by atoms with Gasteiger partial charge in [-0.2, -0.15) is 0 Å². The van der Waals surface area contributed by atoms with Gasteiger partial charge in [-0.05, 0) is 32.5 Å². The summed E-state index contributed by atoms with van der Waals surface area (Å²) < 4.78 is 0. The summed E-state index contributed by atoms with van der Waals surface area (Å²) in [5, 5.41) is 2.26. The first-order valence-corrected chi connectivity index (χ1v) is 4.90. The maximum Gasteiger partial charge on any atom is 0.0758 e. The van der Waals surface area contributed by atoms with Crippen LogP contribution in [0.3, 0.4) is 0 Å². The van der Waals surface area contributed by atoms with Crippen molar-refractivity contribution in [2.75, 3.05) is 34.2 Å². The fraction of sp³-hybridized carbons (Fsp3) is 1.00. The van der Waals surface area contributed by atoms with E-state index in [4.69, 9.17) is 0 Å². The van der Waals surface area contributed by atoms with Crippen molar-refractivity contribution in [1.82, 2.24) is 4.90 Å². The fourth-order valence-electron chi connectivity index (χ4n) is 1.19. The maximum atomic E-state index is 2.36. The Hall–Kier alpha value is -0.0800. The van der Waals surface area contributed by atoms with Crippen LogP contribution in [0.15, 0.2) is 0 Å². The molecule has 0 spiro atoms. The summed E-state index contributed by atoms with van der Waals surface area (Å²) in [6.45, 7) is 7.18. The zero-order chi connectivity index (χ0) is 9.61. The van der Waals surface area contributed by atoms with Crippen molar-refractivity contribution < 1.29 is 5.32 Å². The molecular formula is C10H25N2+. The van der Waals surface area contributed by atoms with Crippen LogP contribution in [0, 0.1) is 5.41 Å². The van der Waals surface area contributed by atoms with Crippen LogP contribution in [0.2, 0.25) is 0 Å². The van der Waals surface area contributed by atoms with Crippen LogP contribution in [0.25, 0.3) is 0 Å². The van der Waals surface area contributed by atoms with Crippen LogP contribution < -0.4 is 5.32 Å². The first-order chi connectivity index (χ1) is 5.48. The van der Waals surface area contributed by atoms with Crippen LogP contribution in [-0.4, -0.2) is 39.1 Å². The molecule has 0 aromatic carbocycles. The van der Waals surface area contributed by atoms with Gasteiger partial charge in [-0.1, -0.05) is 13.8 Å². The molecule has 0 bridgehead atoms. The second kappa shape index (κ2) is 5.55. The lowest BCUT2D eigenvalue weighted by molar-refractivity contribution is -0.628. The molecule has 0 amide bonds. The van der Waals surface area contributed by atoms with Crippen LogP contribution in [0.5, 0.6) is 0 Å². The molecule has 0 unspecified atom stereocenters. The average Bonchev–Trinajstić information content (AvgIpc) is 1.98. The minimum atomic E-state index is 0.511. The van der Waals surface area contributed by atoms with Gasteiger partial charge in [0.15, 0.2) is 0 Å². The van der Waals surface area contributed by atoms with Gasteiger partial charge in [-0.25, -0.2) is 0 Å². The minimum absolute atomic E-state index is 0.511. The normalized spacial score (nSPS) is 12.5. The Morgan fingerprint density at radius 3 is 2.17 bits per heavy atom. The molecule has 0 aliphatic heterocycles. The Kier molecular flexibility index (Phi) is 5.51. The molecular weight excluding hydrogens is 148 g/mol. The molecule has 0 saturated carbocycles. The average molecular weight is 173 g/mol. The topological polar surface area (TPSA) is 19.9 Å².